The van der Waals surface area contributed by atoms with Gasteiger partial charge in [-0.2, -0.15) is 33.6 Å². The molecule has 0 aliphatic heterocycles. The Labute approximate surface area is 201 Å². The Bertz CT molecular complexity index is 1090. The van der Waals surface area contributed by atoms with Crippen LogP contribution in [0, 0.1) is 0 Å². The van der Waals surface area contributed by atoms with Gasteiger partial charge >= 0.3 is 6.18 Å². The van der Waals surface area contributed by atoms with E-state index in [1.165, 1.54) is 12.1 Å². The van der Waals surface area contributed by atoms with Gasteiger partial charge in [-0.15, -0.1) is 0 Å². The van der Waals surface area contributed by atoms with Crippen molar-refractivity contribution >= 4 is 28.4 Å². The number of rotatable bonds is 11. The summed E-state index contributed by atoms with van der Waals surface area (Å²) in [7, 11) is 0. The molecule has 3 aromatic carbocycles. The summed E-state index contributed by atoms with van der Waals surface area (Å²) in [5, 5.41) is 34.6. The summed E-state index contributed by atoms with van der Waals surface area (Å²) in [4.78, 5) is 2.10. The first kappa shape index (κ1) is 26.0. The van der Waals surface area contributed by atoms with Gasteiger partial charge in [0.2, 0.25) is 0 Å². The Morgan fingerprint density at radius 2 is 0.914 bits per heavy atom. The number of hydrogen-bond donors (Lipinski definition) is 2. The lowest BCUT2D eigenvalue weighted by Gasteiger charge is -2.24. The molecule has 0 radical (unpaired) electrons. The van der Waals surface area contributed by atoms with Crippen LogP contribution in [0.4, 0.5) is 41.6 Å². The van der Waals surface area contributed by atoms with Crippen LogP contribution in [0.15, 0.2) is 93.3 Å². The molecule has 0 unspecified atom stereocenters. The van der Waals surface area contributed by atoms with Crippen molar-refractivity contribution in [2.24, 2.45) is 20.5 Å². The Morgan fingerprint density at radius 1 is 0.571 bits per heavy atom. The summed E-state index contributed by atoms with van der Waals surface area (Å²) in [6.45, 7) is 1.61. The number of aliphatic hydroxyl groups excluding tert-OH is 2. The summed E-state index contributed by atoms with van der Waals surface area (Å²) >= 11 is 0. The van der Waals surface area contributed by atoms with Crippen LogP contribution >= 0.6 is 0 Å². The molecule has 0 aliphatic rings. The topological polar surface area (TPSA) is 93.1 Å². The first-order valence-electron chi connectivity index (χ1n) is 11.1. The first-order chi connectivity index (χ1) is 16.9. The second kappa shape index (κ2) is 12.7. The molecule has 0 saturated heterocycles. The van der Waals surface area contributed by atoms with Crippen molar-refractivity contribution in [3.63, 3.8) is 0 Å². The third-order valence-electron chi connectivity index (χ3n) is 4.99. The molecular weight excluding hydrogens is 459 g/mol. The molecule has 0 fully saturated rings. The maximum Gasteiger partial charge on any atom is 0.416 e. The molecule has 0 amide bonds. The Kier molecular flexibility index (Phi) is 9.45. The molecule has 0 aromatic heterocycles. The standard InChI is InChI=1S/C25H26F3N5O2/c26-25(27,28)19-3-5-20(6-4-19)29-30-21-7-9-22(10-8-21)31-32-23-11-13-24(14-12-23)33(15-1-17-34)16-2-18-35/h3-14,34-35H,1-2,15-18H2. The highest BCUT2D eigenvalue weighted by molar-refractivity contribution is 5.53. The molecule has 3 rings (SSSR count). The molecule has 7 nitrogen and oxygen atoms in total. The van der Waals surface area contributed by atoms with Crippen LogP contribution < -0.4 is 4.90 Å². The number of nitrogens with zero attached hydrogens (tertiary/aromatic N) is 5. The zero-order chi connectivity index (χ0) is 25.1. The summed E-state index contributed by atoms with van der Waals surface area (Å²) in [5.74, 6) is 0. The summed E-state index contributed by atoms with van der Waals surface area (Å²) in [6.07, 6.45) is -3.09. The quantitative estimate of drug-likeness (QED) is 0.284. The van der Waals surface area contributed by atoms with E-state index in [4.69, 9.17) is 10.2 Å². The molecule has 10 heteroatoms. The molecular formula is C25H26F3N5O2. The van der Waals surface area contributed by atoms with Crippen LogP contribution in [0.5, 0.6) is 0 Å². The fraction of sp³-hybridized carbons (Fsp3) is 0.280. The number of benzene rings is 3. The van der Waals surface area contributed by atoms with Crippen molar-refractivity contribution in [3.05, 3.63) is 78.4 Å². The van der Waals surface area contributed by atoms with Crippen LogP contribution in [0.1, 0.15) is 18.4 Å². The van der Waals surface area contributed by atoms with Crippen molar-refractivity contribution in [1.29, 1.82) is 0 Å². The average Bonchev–Trinajstić information content (AvgIpc) is 2.87. The predicted molar refractivity (Wildman–Crippen MR) is 128 cm³/mol. The minimum absolute atomic E-state index is 0.108. The minimum Gasteiger partial charge on any atom is -0.396 e. The van der Waals surface area contributed by atoms with E-state index < -0.39 is 11.7 Å². The second-order valence-corrected chi connectivity index (χ2v) is 7.62. The van der Waals surface area contributed by atoms with E-state index in [2.05, 4.69) is 25.4 Å². The van der Waals surface area contributed by atoms with E-state index in [0.717, 1.165) is 17.8 Å². The number of anilines is 1. The molecule has 0 aliphatic carbocycles. The third-order valence-corrected chi connectivity index (χ3v) is 4.99. The number of halogens is 3. The van der Waals surface area contributed by atoms with Crippen LogP contribution in [0.25, 0.3) is 0 Å². The molecule has 2 N–H and O–H groups in total. The maximum atomic E-state index is 12.6. The van der Waals surface area contributed by atoms with Gasteiger partial charge in [0.25, 0.3) is 0 Å². The van der Waals surface area contributed by atoms with Crippen LogP contribution in [-0.4, -0.2) is 36.5 Å². The highest BCUT2D eigenvalue weighted by Gasteiger charge is 2.29. The largest absolute Gasteiger partial charge is 0.416 e. The summed E-state index contributed by atoms with van der Waals surface area (Å²) in [6, 6.07) is 18.8. The van der Waals surface area contributed by atoms with E-state index in [1.807, 2.05) is 24.3 Å². The van der Waals surface area contributed by atoms with E-state index >= 15 is 0 Å². The fourth-order valence-corrected chi connectivity index (χ4v) is 3.16. The maximum absolute atomic E-state index is 12.6. The van der Waals surface area contributed by atoms with Gasteiger partial charge in [-0.3, -0.25) is 0 Å². The predicted octanol–water partition coefficient (Wildman–Crippen LogP) is 7.11. The van der Waals surface area contributed by atoms with Gasteiger partial charge < -0.3 is 15.1 Å². The molecule has 0 atom stereocenters. The average molecular weight is 486 g/mol. The van der Waals surface area contributed by atoms with Gasteiger partial charge in [-0.05, 0) is 85.6 Å². The third kappa shape index (κ3) is 8.27. The summed E-state index contributed by atoms with van der Waals surface area (Å²) < 4.78 is 37.9. The minimum atomic E-state index is -4.39. The van der Waals surface area contributed by atoms with Gasteiger partial charge in [-0.25, -0.2) is 0 Å². The van der Waals surface area contributed by atoms with Gasteiger partial charge in [0, 0.05) is 32.0 Å². The lowest BCUT2D eigenvalue weighted by atomic mass is 10.2. The van der Waals surface area contributed by atoms with E-state index in [0.29, 0.717) is 48.7 Å². The van der Waals surface area contributed by atoms with Gasteiger partial charge in [0.05, 0.1) is 28.3 Å². The van der Waals surface area contributed by atoms with Crippen molar-refractivity contribution in [3.8, 4) is 0 Å². The van der Waals surface area contributed by atoms with Crippen LogP contribution in [0.3, 0.4) is 0 Å². The Morgan fingerprint density at radius 3 is 1.26 bits per heavy atom. The second-order valence-electron chi connectivity index (χ2n) is 7.62. The van der Waals surface area contributed by atoms with E-state index in [9.17, 15) is 13.2 Å². The Hall–Kier alpha value is -3.63. The number of aliphatic hydroxyl groups is 2. The lowest BCUT2D eigenvalue weighted by Crippen LogP contribution is -2.26. The van der Waals surface area contributed by atoms with Crippen LogP contribution in [-0.2, 0) is 6.18 Å². The molecule has 0 bridgehead atoms. The lowest BCUT2D eigenvalue weighted by molar-refractivity contribution is -0.137. The number of hydrogen-bond acceptors (Lipinski definition) is 7. The monoisotopic (exact) mass is 485 g/mol. The summed E-state index contributed by atoms with van der Waals surface area (Å²) in [5.41, 5.74) is 2.37. The van der Waals surface area contributed by atoms with Crippen LogP contribution in [0.2, 0.25) is 0 Å². The van der Waals surface area contributed by atoms with Gasteiger partial charge in [0.1, 0.15) is 0 Å². The van der Waals surface area contributed by atoms with Crippen molar-refractivity contribution in [1.82, 2.24) is 0 Å². The molecule has 3 aromatic rings. The highest BCUT2D eigenvalue weighted by atomic mass is 19.4. The highest BCUT2D eigenvalue weighted by Crippen LogP contribution is 2.31. The van der Waals surface area contributed by atoms with Crippen molar-refractivity contribution in [2.75, 3.05) is 31.2 Å². The van der Waals surface area contributed by atoms with E-state index in [-0.39, 0.29) is 13.2 Å². The smallest absolute Gasteiger partial charge is 0.396 e. The van der Waals surface area contributed by atoms with Gasteiger partial charge in [0.15, 0.2) is 0 Å². The number of azo groups is 2. The molecule has 35 heavy (non-hydrogen) atoms. The zero-order valence-corrected chi connectivity index (χ0v) is 18.9. The Balaban J connectivity index is 1.59. The van der Waals surface area contributed by atoms with Gasteiger partial charge in [-0.1, -0.05) is 0 Å². The zero-order valence-electron chi connectivity index (χ0n) is 18.9. The molecule has 0 heterocycles. The normalized spacial score (nSPS) is 12.0. The van der Waals surface area contributed by atoms with E-state index in [1.54, 1.807) is 24.3 Å². The van der Waals surface area contributed by atoms with Crippen molar-refractivity contribution < 1.29 is 23.4 Å². The molecule has 0 saturated carbocycles. The number of alkyl halides is 3. The molecule has 0 spiro atoms. The molecule has 184 valence electrons. The first-order valence-corrected chi connectivity index (χ1v) is 11.1. The van der Waals surface area contributed by atoms with Crippen molar-refractivity contribution in [2.45, 2.75) is 19.0 Å². The SMILES string of the molecule is OCCCN(CCCO)c1ccc(N=Nc2ccc(N=Nc3ccc(C(F)(F)F)cc3)cc2)cc1. The fourth-order valence-electron chi connectivity index (χ4n) is 3.16.